The number of nitrogens with two attached hydrogens (primary N) is 1. The molecule has 0 saturated carbocycles. The first kappa shape index (κ1) is 23.4. The molecule has 3 N–H and O–H groups in total. The molecule has 32 heavy (non-hydrogen) atoms. The van der Waals surface area contributed by atoms with Crippen LogP contribution in [-0.2, 0) is 11.2 Å². The summed E-state index contributed by atoms with van der Waals surface area (Å²) in [5.74, 6) is 0.155. The Morgan fingerprint density at radius 2 is 1.78 bits per heavy atom. The molecule has 166 valence electrons. The number of amidine groups is 1. The highest BCUT2D eigenvalue weighted by Gasteiger charge is 2.21. The van der Waals surface area contributed by atoms with Gasteiger partial charge in [0.1, 0.15) is 11.5 Å². The maximum Gasteiger partial charge on any atom is 0.270 e. The zero-order chi connectivity index (χ0) is 22.8. The number of aliphatic imine (C=N–C) groups is 1. The zero-order valence-corrected chi connectivity index (χ0v) is 18.6. The van der Waals surface area contributed by atoms with Crippen molar-refractivity contribution >= 4 is 40.0 Å². The fourth-order valence-corrected chi connectivity index (χ4v) is 3.47. The highest BCUT2D eigenvalue weighted by Crippen LogP contribution is 2.13. The number of alkyl halides is 1. The van der Waals surface area contributed by atoms with E-state index in [1.54, 1.807) is 6.07 Å². The van der Waals surface area contributed by atoms with Gasteiger partial charge >= 0.3 is 0 Å². The van der Waals surface area contributed by atoms with Gasteiger partial charge in [0.25, 0.3) is 5.91 Å². The van der Waals surface area contributed by atoms with Crippen molar-refractivity contribution in [2.24, 2.45) is 10.7 Å². The van der Waals surface area contributed by atoms with Crippen molar-refractivity contribution < 1.29 is 9.59 Å². The molecule has 0 aliphatic carbocycles. The van der Waals surface area contributed by atoms with E-state index in [4.69, 9.17) is 17.3 Å². The SMILES string of the molecule is NC(CCl)=NCCC[C@H](NC(=O)c1ccc2ccccc2n1)C(=O)CCc1ccccc1. The maximum atomic E-state index is 13.0. The molecule has 1 atom stereocenters. The Labute approximate surface area is 192 Å². The van der Waals surface area contributed by atoms with E-state index in [0.717, 1.165) is 16.5 Å². The van der Waals surface area contributed by atoms with Gasteiger partial charge in [-0.3, -0.25) is 14.6 Å². The predicted molar refractivity (Wildman–Crippen MR) is 129 cm³/mol. The number of nitrogens with one attached hydrogen (secondary N) is 1. The lowest BCUT2D eigenvalue weighted by molar-refractivity contribution is -0.121. The highest BCUT2D eigenvalue weighted by molar-refractivity contribution is 6.27. The maximum absolute atomic E-state index is 13.0. The molecule has 3 rings (SSSR count). The fourth-order valence-electron chi connectivity index (χ4n) is 3.39. The molecule has 2 aromatic carbocycles. The van der Waals surface area contributed by atoms with Gasteiger partial charge < -0.3 is 11.1 Å². The van der Waals surface area contributed by atoms with Gasteiger partial charge in [-0.05, 0) is 37.0 Å². The van der Waals surface area contributed by atoms with Crippen molar-refractivity contribution in [2.75, 3.05) is 12.4 Å². The summed E-state index contributed by atoms with van der Waals surface area (Å²) in [7, 11) is 0. The Bertz CT molecular complexity index is 1090. The summed E-state index contributed by atoms with van der Waals surface area (Å²) in [4.78, 5) is 34.4. The molecule has 1 heterocycles. The minimum absolute atomic E-state index is 0.0164. The molecule has 0 spiro atoms. The first-order chi connectivity index (χ1) is 15.6. The van der Waals surface area contributed by atoms with Gasteiger partial charge in [-0.1, -0.05) is 54.6 Å². The van der Waals surface area contributed by atoms with E-state index in [-0.39, 0.29) is 23.3 Å². The van der Waals surface area contributed by atoms with Gasteiger partial charge in [-0.2, -0.15) is 0 Å². The number of carbonyl (C=O) groups is 2. The lowest BCUT2D eigenvalue weighted by Crippen LogP contribution is -2.41. The smallest absolute Gasteiger partial charge is 0.270 e. The molecule has 0 fully saturated rings. The molecule has 7 heteroatoms. The van der Waals surface area contributed by atoms with Gasteiger partial charge in [0.2, 0.25) is 0 Å². The van der Waals surface area contributed by atoms with E-state index in [9.17, 15) is 9.59 Å². The average molecular weight is 451 g/mol. The number of aromatic nitrogens is 1. The van der Waals surface area contributed by atoms with Crippen LogP contribution in [0.4, 0.5) is 0 Å². The summed E-state index contributed by atoms with van der Waals surface area (Å²) in [6.07, 6.45) is 2.03. The number of fused-ring (bicyclic) bond motifs is 1. The van der Waals surface area contributed by atoms with Crippen LogP contribution in [0.3, 0.4) is 0 Å². The van der Waals surface area contributed by atoms with E-state index < -0.39 is 6.04 Å². The van der Waals surface area contributed by atoms with E-state index in [1.807, 2.05) is 60.7 Å². The summed E-state index contributed by atoms with van der Waals surface area (Å²) < 4.78 is 0. The van der Waals surface area contributed by atoms with E-state index in [2.05, 4.69) is 15.3 Å². The Balaban J connectivity index is 1.67. The first-order valence-corrected chi connectivity index (χ1v) is 11.2. The van der Waals surface area contributed by atoms with Crippen LogP contribution in [0.2, 0.25) is 0 Å². The number of Topliss-reactive ketones (excluding diaryl/α,β-unsaturated/α-hetero) is 1. The van der Waals surface area contributed by atoms with Crippen molar-refractivity contribution in [3.63, 3.8) is 0 Å². The van der Waals surface area contributed by atoms with Crippen molar-refractivity contribution in [3.8, 4) is 0 Å². The van der Waals surface area contributed by atoms with E-state index >= 15 is 0 Å². The van der Waals surface area contributed by atoms with Crippen LogP contribution < -0.4 is 11.1 Å². The number of amides is 1. The average Bonchev–Trinajstić information content (AvgIpc) is 2.84. The van der Waals surface area contributed by atoms with Crippen LogP contribution in [0.1, 0.15) is 35.3 Å². The molecule has 6 nitrogen and oxygen atoms in total. The minimum Gasteiger partial charge on any atom is -0.386 e. The summed E-state index contributed by atoms with van der Waals surface area (Å²) in [6, 6.07) is 20.3. The van der Waals surface area contributed by atoms with Crippen LogP contribution in [0.25, 0.3) is 10.9 Å². The zero-order valence-electron chi connectivity index (χ0n) is 17.8. The van der Waals surface area contributed by atoms with E-state index in [1.165, 1.54) is 0 Å². The molecule has 0 radical (unpaired) electrons. The number of nitrogens with zero attached hydrogens (tertiary/aromatic N) is 2. The van der Waals surface area contributed by atoms with Gasteiger partial charge in [-0.15, -0.1) is 11.6 Å². The largest absolute Gasteiger partial charge is 0.386 e. The number of halogens is 1. The second kappa shape index (κ2) is 12.0. The number of benzene rings is 2. The lowest BCUT2D eigenvalue weighted by atomic mass is 10.00. The number of hydrogen-bond acceptors (Lipinski definition) is 4. The monoisotopic (exact) mass is 450 g/mol. The number of ketones is 1. The van der Waals surface area contributed by atoms with Crippen molar-refractivity contribution in [1.82, 2.24) is 10.3 Å². The van der Waals surface area contributed by atoms with Crippen LogP contribution in [0.5, 0.6) is 0 Å². The van der Waals surface area contributed by atoms with Crippen molar-refractivity contribution in [2.45, 2.75) is 31.7 Å². The number of para-hydroxylation sites is 1. The standard InChI is InChI=1S/C25H27ClN4O2/c26-17-24(27)28-16-6-11-21(23(31)15-12-18-7-2-1-3-8-18)30-25(32)22-14-13-19-9-4-5-10-20(19)29-22/h1-5,7-10,13-14,21H,6,11-12,15-17H2,(H2,27,28)(H,30,32)/t21-/m0/s1. The quantitative estimate of drug-likeness (QED) is 0.200. The number of rotatable bonds is 11. The number of pyridine rings is 1. The van der Waals surface area contributed by atoms with Gasteiger partial charge in [0, 0.05) is 18.4 Å². The van der Waals surface area contributed by atoms with Crippen LogP contribution in [0.15, 0.2) is 71.7 Å². The third-order valence-corrected chi connectivity index (χ3v) is 5.40. The molecule has 0 aliphatic heterocycles. The molecule has 0 saturated heterocycles. The Hall–Kier alpha value is -3.25. The molecule has 0 unspecified atom stereocenters. The molecular formula is C25H27ClN4O2. The topological polar surface area (TPSA) is 97.4 Å². The minimum atomic E-state index is -0.619. The highest BCUT2D eigenvalue weighted by atomic mass is 35.5. The third-order valence-electron chi connectivity index (χ3n) is 5.13. The van der Waals surface area contributed by atoms with Crippen LogP contribution in [-0.4, -0.2) is 41.0 Å². The molecule has 0 bridgehead atoms. The van der Waals surface area contributed by atoms with E-state index in [0.29, 0.717) is 38.1 Å². The Kier molecular flexibility index (Phi) is 8.75. The Morgan fingerprint density at radius 1 is 1.03 bits per heavy atom. The van der Waals surface area contributed by atoms with Crippen LogP contribution >= 0.6 is 11.6 Å². The first-order valence-electron chi connectivity index (χ1n) is 10.6. The molecule has 0 aliphatic rings. The molecule has 3 aromatic rings. The second-order valence-electron chi connectivity index (χ2n) is 7.52. The second-order valence-corrected chi connectivity index (χ2v) is 7.78. The molecule has 1 amide bonds. The van der Waals surface area contributed by atoms with Crippen molar-refractivity contribution in [1.29, 1.82) is 0 Å². The summed E-state index contributed by atoms with van der Waals surface area (Å²) >= 11 is 5.65. The van der Waals surface area contributed by atoms with Gasteiger partial charge in [0.05, 0.1) is 17.4 Å². The number of carbonyl (C=O) groups excluding carboxylic acids is 2. The van der Waals surface area contributed by atoms with Crippen LogP contribution in [0, 0.1) is 0 Å². The lowest BCUT2D eigenvalue weighted by Gasteiger charge is -2.17. The molecular weight excluding hydrogens is 424 g/mol. The van der Waals surface area contributed by atoms with Gasteiger partial charge in [0.15, 0.2) is 5.78 Å². The fraction of sp³-hybridized carbons (Fsp3) is 0.280. The summed E-state index contributed by atoms with van der Waals surface area (Å²) in [5.41, 5.74) is 7.74. The summed E-state index contributed by atoms with van der Waals surface area (Å²) in [6.45, 7) is 0.450. The van der Waals surface area contributed by atoms with Crippen molar-refractivity contribution in [3.05, 3.63) is 78.0 Å². The van der Waals surface area contributed by atoms with Gasteiger partial charge in [-0.25, -0.2) is 4.98 Å². The number of hydrogen-bond donors (Lipinski definition) is 2. The predicted octanol–water partition coefficient (Wildman–Crippen LogP) is 3.91. The third kappa shape index (κ3) is 6.89. The molecule has 1 aromatic heterocycles. The number of aryl methyl sites for hydroxylation is 1. The summed E-state index contributed by atoms with van der Waals surface area (Å²) in [5, 5.41) is 3.83. The normalized spacial score (nSPS) is 12.5. The Morgan fingerprint density at radius 3 is 2.56 bits per heavy atom.